The van der Waals surface area contributed by atoms with Crippen molar-refractivity contribution in [2.24, 2.45) is 0 Å². The molecule has 2 aromatic rings. The van der Waals surface area contributed by atoms with E-state index in [-0.39, 0.29) is 12.0 Å². The minimum Gasteiger partial charge on any atom is -0.204 e. The van der Waals surface area contributed by atoms with Gasteiger partial charge in [0.1, 0.15) is 0 Å². The van der Waals surface area contributed by atoms with E-state index in [1.807, 2.05) is 6.07 Å². The maximum atomic E-state index is 13.5. The molecule has 2 rings (SSSR count). The molecule has 0 saturated heterocycles. The van der Waals surface area contributed by atoms with Crippen molar-refractivity contribution in [3.63, 3.8) is 0 Å². The van der Waals surface area contributed by atoms with E-state index < -0.39 is 17.0 Å². The maximum absolute atomic E-state index is 13.5. The van der Waals surface area contributed by atoms with E-state index in [1.165, 1.54) is 17.4 Å². The van der Waals surface area contributed by atoms with Crippen molar-refractivity contribution >= 4 is 54.8 Å². The summed E-state index contributed by atoms with van der Waals surface area (Å²) in [6.07, 6.45) is 0.243. The molecule has 0 amide bonds. The molecule has 0 aliphatic rings. The molecule has 0 saturated carbocycles. The minimum atomic E-state index is -0.845. The number of benzene rings is 1. The van der Waals surface area contributed by atoms with E-state index in [9.17, 15) is 8.78 Å². The highest BCUT2D eigenvalue weighted by molar-refractivity contribution is 9.12. The number of hydrogen-bond acceptors (Lipinski definition) is 1. The van der Waals surface area contributed by atoms with Gasteiger partial charge in [0.25, 0.3) is 0 Å². The summed E-state index contributed by atoms with van der Waals surface area (Å²) in [7, 11) is 0. The molecule has 0 aliphatic heterocycles. The summed E-state index contributed by atoms with van der Waals surface area (Å²) in [6.45, 7) is 0. The van der Waals surface area contributed by atoms with Gasteiger partial charge in [0.2, 0.25) is 0 Å². The largest absolute Gasteiger partial charge is 0.204 e. The first kappa shape index (κ1) is 14.4. The van der Waals surface area contributed by atoms with Crippen LogP contribution in [0.2, 0.25) is 0 Å². The summed E-state index contributed by atoms with van der Waals surface area (Å²) in [5.74, 6) is -1.67. The van der Waals surface area contributed by atoms with Gasteiger partial charge in [0.05, 0.1) is 12.9 Å². The van der Waals surface area contributed by atoms with E-state index >= 15 is 0 Å². The SMILES string of the molecule is Fc1cccc(CC(Cl)c2cc(Br)sc2Br)c1F. The third-order valence-corrected chi connectivity index (χ3v) is 5.23. The minimum absolute atomic E-state index is 0.243. The summed E-state index contributed by atoms with van der Waals surface area (Å²) in [6, 6.07) is 6.00. The van der Waals surface area contributed by atoms with Gasteiger partial charge < -0.3 is 0 Å². The van der Waals surface area contributed by atoms with Crippen LogP contribution in [0.4, 0.5) is 8.78 Å². The third kappa shape index (κ3) is 3.13. The van der Waals surface area contributed by atoms with Gasteiger partial charge in [-0.3, -0.25) is 0 Å². The van der Waals surface area contributed by atoms with Crippen LogP contribution < -0.4 is 0 Å². The molecular formula is C12H7Br2ClF2S. The van der Waals surface area contributed by atoms with Crippen LogP contribution in [0.15, 0.2) is 31.8 Å². The van der Waals surface area contributed by atoms with Crippen molar-refractivity contribution < 1.29 is 8.78 Å². The Morgan fingerprint density at radius 3 is 2.61 bits per heavy atom. The summed E-state index contributed by atoms with van der Waals surface area (Å²) in [5.41, 5.74) is 1.15. The number of alkyl halides is 1. The second-order valence-electron chi connectivity index (χ2n) is 3.66. The average Bonchev–Trinajstić information content (AvgIpc) is 2.64. The molecule has 0 N–H and O–H groups in total. The van der Waals surface area contributed by atoms with E-state index in [4.69, 9.17) is 11.6 Å². The molecule has 6 heteroatoms. The summed E-state index contributed by atoms with van der Waals surface area (Å²) in [4.78, 5) is 0. The van der Waals surface area contributed by atoms with Gasteiger partial charge >= 0.3 is 0 Å². The van der Waals surface area contributed by atoms with Gasteiger partial charge in [-0.15, -0.1) is 22.9 Å². The maximum Gasteiger partial charge on any atom is 0.162 e. The molecule has 0 radical (unpaired) electrons. The van der Waals surface area contributed by atoms with Crippen molar-refractivity contribution in [3.8, 4) is 0 Å². The highest BCUT2D eigenvalue weighted by Crippen LogP contribution is 2.39. The second kappa shape index (κ2) is 5.99. The predicted octanol–water partition coefficient (Wildman–Crippen LogP) is 6.07. The Kier molecular flexibility index (Phi) is 4.80. The highest BCUT2D eigenvalue weighted by atomic mass is 79.9. The van der Waals surface area contributed by atoms with Crippen LogP contribution in [0, 0.1) is 11.6 Å². The van der Waals surface area contributed by atoms with Crippen LogP contribution >= 0.6 is 54.8 Å². The molecule has 1 aromatic carbocycles. The molecule has 0 fully saturated rings. The molecule has 1 atom stereocenters. The van der Waals surface area contributed by atoms with Crippen molar-refractivity contribution in [2.45, 2.75) is 11.8 Å². The lowest BCUT2D eigenvalue weighted by Crippen LogP contribution is -1.99. The molecule has 18 heavy (non-hydrogen) atoms. The quantitative estimate of drug-likeness (QED) is 0.533. The lowest BCUT2D eigenvalue weighted by Gasteiger charge is -2.09. The molecule has 0 bridgehead atoms. The molecule has 0 spiro atoms. The van der Waals surface area contributed by atoms with Crippen LogP contribution in [0.5, 0.6) is 0 Å². The van der Waals surface area contributed by atoms with E-state index in [1.54, 1.807) is 6.07 Å². The first-order valence-electron chi connectivity index (χ1n) is 5.00. The summed E-state index contributed by atoms with van der Waals surface area (Å²) >= 11 is 14.5. The van der Waals surface area contributed by atoms with Crippen molar-refractivity contribution in [1.82, 2.24) is 0 Å². The molecular weight excluding hydrogens is 409 g/mol. The van der Waals surface area contributed by atoms with Crippen molar-refractivity contribution in [1.29, 1.82) is 0 Å². The van der Waals surface area contributed by atoms with Crippen LogP contribution in [0.3, 0.4) is 0 Å². The lowest BCUT2D eigenvalue weighted by molar-refractivity contribution is 0.498. The van der Waals surface area contributed by atoms with E-state index in [0.717, 1.165) is 19.2 Å². The van der Waals surface area contributed by atoms with Gasteiger partial charge in [-0.2, -0.15) is 0 Å². The van der Waals surface area contributed by atoms with Gasteiger partial charge in [-0.25, -0.2) is 8.78 Å². The summed E-state index contributed by atoms with van der Waals surface area (Å²) < 4.78 is 28.4. The number of thiophene rings is 1. The van der Waals surface area contributed by atoms with Crippen molar-refractivity contribution in [3.05, 3.63) is 54.6 Å². The van der Waals surface area contributed by atoms with E-state index in [2.05, 4.69) is 31.9 Å². The molecule has 1 heterocycles. The monoisotopic (exact) mass is 414 g/mol. The Hall–Kier alpha value is 0.0300. The Labute approximate surface area is 129 Å². The van der Waals surface area contributed by atoms with Crippen LogP contribution in [-0.2, 0) is 6.42 Å². The highest BCUT2D eigenvalue weighted by Gasteiger charge is 2.18. The zero-order valence-corrected chi connectivity index (χ0v) is 13.6. The second-order valence-corrected chi connectivity index (χ2v) is 7.94. The summed E-state index contributed by atoms with van der Waals surface area (Å²) in [5, 5.41) is -0.404. The van der Waals surface area contributed by atoms with Gasteiger partial charge in [0, 0.05) is 0 Å². The fourth-order valence-electron chi connectivity index (χ4n) is 1.58. The Bertz CT molecular complexity index is 571. The fourth-order valence-corrected chi connectivity index (χ4v) is 5.08. The standard InChI is InChI=1S/C12H7Br2ClF2S/c13-10-5-7(12(14)18-10)8(15)4-6-2-1-3-9(16)11(6)17/h1-3,5,8H,4H2. The Morgan fingerprint density at radius 2 is 2.00 bits per heavy atom. The van der Waals surface area contributed by atoms with Gasteiger partial charge in [-0.1, -0.05) is 12.1 Å². The predicted molar refractivity (Wildman–Crippen MR) is 78.4 cm³/mol. The number of rotatable bonds is 3. The number of hydrogen-bond donors (Lipinski definition) is 0. The molecule has 0 nitrogen and oxygen atoms in total. The van der Waals surface area contributed by atoms with Gasteiger partial charge in [0.15, 0.2) is 11.6 Å². The Morgan fingerprint density at radius 1 is 1.28 bits per heavy atom. The first-order chi connectivity index (χ1) is 8.49. The molecule has 96 valence electrons. The lowest BCUT2D eigenvalue weighted by atomic mass is 10.1. The molecule has 1 aromatic heterocycles. The topological polar surface area (TPSA) is 0 Å². The third-order valence-electron chi connectivity index (χ3n) is 2.45. The first-order valence-corrected chi connectivity index (χ1v) is 7.84. The van der Waals surface area contributed by atoms with Crippen LogP contribution in [0.1, 0.15) is 16.5 Å². The van der Waals surface area contributed by atoms with Crippen LogP contribution in [-0.4, -0.2) is 0 Å². The zero-order chi connectivity index (χ0) is 13.3. The van der Waals surface area contributed by atoms with Crippen molar-refractivity contribution in [2.75, 3.05) is 0 Å². The molecule has 0 aliphatic carbocycles. The average molecular weight is 417 g/mol. The Balaban J connectivity index is 2.24. The van der Waals surface area contributed by atoms with Crippen LogP contribution in [0.25, 0.3) is 0 Å². The molecule has 1 unspecified atom stereocenters. The number of halogens is 5. The normalized spacial score (nSPS) is 12.7. The smallest absolute Gasteiger partial charge is 0.162 e. The van der Waals surface area contributed by atoms with E-state index in [0.29, 0.717) is 0 Å². The van der Waals surface area contributed by atoms with Gasteiger partial charge in [-0.05, 0) is 61.5 Å². The fraction of sp³-hybridized carbons (Fsp3) is 0.167. The zero-order valence-electron chi connectivity index (χ0n) is 8.89.